The fraction of sp³-hybridized carbons (Fsp3) is 0.667. The van der Waals surface area contributed by atoms with Gasteiger partial charge in [-0.05, 0) is 50.2 Å². The first kappa shape index (κ1) is 20.5. The van der Waals surface area contributed by atoms with Gasteiger partial charge in [-0.3, -0.25) is 4.99 Å². The molecule has 0 atom stereocenters. The minimum absolute atomic E-state index is 0.325. The van der Waals surface area contributed by atoms with Crippen molar-refractivity contribution in [3.63, 3.8) is 0 Å². The summed E-state index contributed by atoms with van der Waals surface area (Å²) in [6.07, 6.45) is 5.79. The molecule has 0 aromatic heterocycles. The van der Waals surface area contributed by atoms with E-state index in [-0.39, 0.29) is 0 Å². The van der Waals surface area contributed by atoms with Gasteiger partial charge in [-0.15, -0.1) is 11.8 Å². The standard InChI is InChI=1S/C21H33N3O2S/c1-22-20(23-12-5-13-26-16-18-8-14-25-15-9-18)24-17-21(10-11-21)27-19-6-3-2-4-7-19/h2-4,6-7,18H,5,8-17H2,1H3,(H2,22,23,24). The monoisotopic (exact) mass is 391 g/mol. The lowest BCUT2D eigenvalue weighted by Crippen LogP contribution is -2.41. The summed E-state index contributed by atoms with van der Waals surface area (Å²) >= 11 is 1.98. The Morgan fingerprint density at radius 2 is 2.00 bits per heavy atom. The van der Waals surface area contributed by atoms with Crippen LogP contribution in [0.3, 0.4) is 0 Å². The van der Waals surface area contributed by atoms with Crippen molar-refractivity contribution < 1.29 is 9.47 Å². The number of hydrogen-bond donors (Lipinski definition) is 2. The van der Waals surface area contributed by atoms with Crippen LogP contribution in [-0.4, -0.2) is 57.3 Å². The summed E-state index contributed by atoms with van der Waals surface area (Å²) in [6, 6.07) is 10.7. The van der Waals surface area contributed by atoms with Crippen LogP contribution in [0.1, 0.15) is 32.1 Å². The Bertz CT molecular complexity index is 572. The lowest BCUT2D eigenvalue weighted by molar-refractivity contribution is 0.0203. The van der Waals surface area contributed by atoms with Crippen molar-refractivity contribution in [1.29, 1.82) is 0 Å². The van der Waals surface area contributed by atoms with Crippen LogP contribution in [0, 0.1) is 5.92 Å². The number of aliphatic imine (C=N–C) groups is 1. The molecule has 150 valence electrons. The van der Waals surface area contributed by atoms with Crippen LogP contribution in [-0.2, 0) is 9.47 Å². The number of nitrogens with zero attached hydrogens (tertiary/aromatic N) is 1. The topological polar surface area (TPSA) is 54.9 Å². The zero-order valence-electron chi connectivity index (χ0n) is 16.4. The molecule has 3 rings (SSSR count). The van der Waals surface area contributed by atoms with Crippen LogP contribution in [0.15, 0.2) is 40.2 Å². The van der Waals surface area contributed by atoms with E-state index in [1.807, 2.05) is 18.8 Å². The Kier molecular flexibility index (Phi) is 8.30. The molecule has 1 aliphatic heterocycles. The molecule has 1 aromatic carbocycles. The van der Waals surface area contributed by atoms with E-state index < -0.39 is 0 Å². The normalized spacial score (nSPS) is 19.7. The minimum Gasteiger partial charge on any atom is -0.381 e. The van der Waals surface area contributed by atoms with Crippen molar-refractivity contribution in [1.82, 2.24) is 10.6 Å². The number of benzene rings is 1. The highest BCUT2D eigenvalue weighted by molar-refractivity contribution is 8.01. The van der Waals surface area contributed by atoms with Crippen molar-refractivity contribution in [3.05, 3.63) is 30.3 Å². The van der Waals surface area contributed by atoms with Crippen molar-refractivity contribution in [3.8, 4) is 0 Å². The van der Waals surface area contributed by atoms with Gasteiger partial charge in [0.2, 0.25) is 0 Å². The van der Waals surface area contributed by atoms with Gasteiger partial charge in [-0.25, -0.2) is 0 Å². The third kappa shape index (κ3) is 7.35. The Morgan fingerprint density at radius 1 is 1.22 bits per heavy atom. The maximum Gasteiger partial charge on any atom is 0.191 e. The second-order valence-corrected chi connectivity index (χ2v) is 8.98. The van der Waals surface area contributed by atoms with Crippen LogP contribution in [0.25, 0.3) is 0 Å². The Morgan fingerprint density at radius 3 is 2.70 bits per heavy atom. The molecule has 0 bridgehead atoms. The molecule has 2 fully saturated rings. The van der Waals surface area contributed by atoms with E-state index in [0.29, 0.717) is 10.7 Å². The number of rotatable bonds is 10. The van der Waals surface area contributed by atoms with Crippen LogP contribution >= 0.6 is 11.8 Å². The number of ether oxygens (including phenoxy) is 2. The Balaban J connectivity index is 1.26. The highest BCUT2D eigenvalue weighted by Crippen LogP contribution is 2.51. The zero-order valence-corrected chi connectivity index (χ0v) is 17.2. The van der Waals surface area contributed by atoms with Crippen molar-refractivity contribution in [2.75, 3.05) is 46.6 Å². The summed E-state index contributed by atoms with van der Waals surface area (Å²) in [6.45, 7) is 5.28. The molecule has 1 heterocycles. The maximum absolute atomic E-state index is 5.82. The van der Waals surface area contributed by atoms with E-state index in [4.69, 9.17) is 9.47 Å². The summed E-state index contributed by atoms with van der Waals surface area (Å²) in [7, 11) is 1.83. The fourth-order valence-electron chi connectivity index (χ4n) is 3.20. The molecule has 5 nitrogen and oxygen atoms in total. The Labute approximate surface area is 167 Å². The predicted octanol–water partition coefficient (Wildman–Crippen LogP) is 3.31. The molecule has 1 saturated carbocycles. The quantitative estimate of drug-likeness (QED) is 0.364. The number of hydrogen-bond acceptors (Lipinski definition) is 4. The van der Waals surface area contributed by atoms with Gasteiger partial charge in [-0.1, -0.05) is 18.2 Å². The fourth-order valence-corrected chi connectivity index (χ4v) is 4.45. The maximum atomic E-state index is 5.82. The molecular formula is C21H33N3O2S. The van der Waals surface area contributed by atoms with Gasteiger partial charge in [0, 0.05) is 56.2 Å². The molecule has 6 heteroatoms. The summed E-state index contributed by atoms with van der Waals surface area (Å²) in [4.78, 5) is 5.70. The molecule has 0 radical (unpaired) electrons. The molecule has 0 spiro atoms. The van der Waals surface area contributed by atoms with E-state index in [2.05, 4.69) is 46.0 Å². The average Bonchev–Trinajstić information content (AvgIpc) is 3.48. The second-order valence-electron chi connectivity index (χ2n) is 7.43. The van der Waals surface area contributed by atoms with E-state index in [1.165, 1.54) is 17.7 Å². The smallest absolute Gasteiger partial charge is 0.191 e. The molecule has 0 unspecified atom stereocenters. The molecule has 1 aliphatic carbocycles. The second kappa shape index (κ2) is 10.9. The number of guanidine groups is 1. The summed E-state index contributed by atoms with van der Waals surface area (Å²) in [5.74, 6) is 1.57. The molecule has 2 aliphatic rings. The van der Waals surface area contributed by atoms with Crippen molar-refractivity contribution in [2.45, 2.75) is 41.7 Å². The zero-order chi connectivity index (χ0) is 18.8. The van der Waals surface area contributed by atoms with Gasteiger partial charge >= 0.3 is 0 Å². The minimum atomic E-state index is 0.325. The van der Waals surface area contributed by atoms with E-state index in [0.717, 1.165) is 64.7 Å². The molecular weight excluding hydrogens is 358 g/mol. The van der Waals surface area contributed by atoms with Gasteiger partial charge in [0.15, 0.2) is 5.96 Å². The van der Waals surface area contributed by atoms with Crippen LogP contribution in [0.5, 0.6) is 0 Å². The van der Waals surface area contributed by atoms with Crippen LogP contribution in [0.4, 0.5) is 0 Å². The largest absolute Gasteiger partial charge is 0.381 e. The first-order valence-corrected chi connectivity index (χ1v) is 11.0. The summed E-state index contributed by atoms with van der Waals surface area (Å²) in [5, 5.41) is 6.90. The molecule has 0 amide bonds. The first-order valence-electron chi connectivity index (χ1n) is 10.1. The lowest BCUT2D eigenvalue weighted by atomic mass is 10.0. The van der Waals surface area contributed by atoms with Gasteiger partial charge < -0.3 is 20.1 Å². The molecule has 2 N–H and O–H groups in total. The first-order chi connectivity index (χ1) is 13.3. The van der Waals surface area contributed by atoms with E-state index in [1.54, 1.807) is 0 Å². The van der Waals surface area contributed by atoms with Gasteiger partial charge in [-0.2, -0.15) is 0 Å². The van der Waals surface area contributed by atoms with Crippen LogP contribution < -0.4 is 10.6 Å². The third-order valence-electron chi connectivity index (χ3n) is 5.14. The van der Waals surface area contributed by atoms with E-state index >= 15 is 0 Å². The number of thioether (sulfide) groups is 1. The Hall–Kier alpha value is -1.24. The third-order valence-corrected chi connectivity index (χ3v) is 6.63. The average molecular weight is 392 g/mol. The highest BCUT2D eigenvalue weighted by atomic mass is 32.2. The van der Waals surface area contributed by atoms with Gasteiger partial charge in [0.1, 0.15) is 0 Å². The van der Waals surface area contributed by atoms with Crippen LogP contribution in [0.2, 0.25) is 0 Å². The van der Waals surface area contributed by atoms with Crippen molar-refractivity contribution in [2.24, 2.45) is 10.9 Å². The predicted molar refractivity (Wildman–Crippen MR) is 113 cm³/mol. The lowest BCUT2D eigenvalue weighted by Gasteiger charge is -2.21. The van der Waals surface area contributed by atoms with Gasteiger partial charge in [0.25, 0.3) is 0 Å². The molecule has 1 aromatic rings. The molecule has 1 saturated heterocycles. The van der Waals surface area contributed by atoms with Crippen molar-refractivity contribution >= 4 is 17.7 Å². The SMILES string of the molecule is CN=C(NCCCOCC1CCOCC1)NCC1(Sc2ccccc2)CC1. The highest BCUT2D eigenvalue weighted by Gasteiger charge is 2.43. The molecule has 27 heavy (non-hydrogen) atoms. The number of nitrogens with one attached hydrogen (secondary N) is 2. The summed E-state index contributed by atoms with van der Waals surface area (Å²) < 4.78 is 11.5. The van der Waals surface area contributed by atoms with Gasteiger partial charge in [0.05, 0.1) is 0 Å². The summed E-state index contributed by atoms with van der Waals surface area (Å²) in [5.41, 5.74) is 0. The van der Waals surface area contributed by atoms with E-state index in [9.17, 15) is 0 Å².